The molecule has 0 aromatic carbocycles. The number of aryl methyl sites for hydroxylation is 1. The molecule has 2 aromatic heterocycles. The van der Waals surface area contributed by atoms with Crippen LogP contribution in [0, 0.1) is 0 Å². The van der Waals surface area contributed by atoms with Crippen LogP contribution in [-0.2, 0) is 13.0 Å². The van der Waals surface area contributed by atoms with Crippen LogP contribution in [0.3, 0.4) is 0 Å². The molecule has 0 saturated heterocycles. The summed E-state index contributed by atoms with van der Waals surface area (Å²) in [6.07, 6.45) is 5.89. The van der Waals surface area contributed by atoms with Crippen molar-refractivity contribution < 1.29 is 5.11 Å². The minimum atomic E-state index is -0.481. The lowest BCUT2D eigenvalue weighted by Gasteiger charge is -2.07. The lowest BCUT2D eigenvalue weighted by Crippen LogP contribution is -2.02. The van der Waals surface area contributed by atoms with Gasteiger partial charge in [0.1, 0.15) is 10.9 Å². The molecule has 1 atom stereocenters. The first kappa shape index (κ1) is 13.6. The van der Waals surface area contributed by atoms with Crippen LogP contribution >= 0.6 is 11.8 Å². The third kappa shape index (κ3) is 2.86. The van der Waals surface area contributed by atoms with E-state index in [-0.39, 0.29) is 0 Å². The van der Waals surface area contributed by atoms with Crippen molar-refractivity contribution in [2.24, 2.45) is 0 Å². The van der Waals surface area contributed by atoms with Gasteiger partial charge in [-0.25, -0.2) is 4.98 Å². The monoisotopic (exact) mass is 290 g/mol. The zero-order valence-electron chi connectivity index (χ0n) is 11.5. The Bertz CT molecular complexity index is 579. The molecule has 6 heteroatoms. The van der Waals surface area contributed by atoms with Gasteiger partial charge in [0.05, 0.1) is 6.10 Å². The van der Waals surface area contributed by atoms with Crippen molar-refractivity contribution in [3.05, 3.63) is 29.7 Å². The van der Waals surface area contributed by atoms with Gasteiger partial charge >= 0.3 is 0 Å². The maximum Gasteiger partial charge on any atom is 0.197 e. The van der Waals surface area contributed by atoms with Crippen LogP contribution < -0.4 is 0 Å². The second-order valence-corrected chi connectivity index (χ2v) is 6.06. The largest absolute Gasteiger partial charge is 0.389 e. The van der Waals surface area contributed by atoms with Crippen molar-refractivity contribution in [1.29, 1.82) is 0 Å². The molecule has 3 heterocycles. The summed E-state index contributed by atoms with van der Waals surface area (Å²) in [6.45, 7) is 2.73. The molecule has 3 rings (SSSR count). The number of nitrogens with zero attached hydrogens (tertiary/aromatic N) is 4. The van der Waals surface area contributed by atoms with Crippen LogP contribution in [0.1, 0.15) is 43.7 Å². The summed E-state index contributed by atoms with van der Waals surface area (Å²) in [4.78, 5) is 4.37. The first-order valence-electron chi connectivity index (χ1n) is 6.98. The fourth-order valence-electron chi connectivity index (χ4n) is 2.33. The molecule has 0 bridgehead atoms. The third-order valence-electron chi connectivity index (χ3n) is 3.51. The lowest BCUT2D eigenvalue weighted by molar-refractivity contribution is 0.198. The molecule has 106 valence electrons. The fourth-order valence-corrected chi connectivity index (χ4v) is 3.14. The van der Waals surface area contributed by atoms with Crippen molar-refractivity contribution in [3.8, 4) is 0 Å². The SMILES string of the molecule is CC(O)c1ccc(Sc2nnc3n2CCCCC3)nc1. The maximum absolute atomic E-state index is 9.49. The van der Waals surface area contributed by atoms with Crippen LogP contribution in [0.2, 0.25) is 0 Å². The minimum Gasteiger partial charge on any atom is -0.389 e. The average molecular weight is 290 g/mol. The van der Waals surface area contributed by atoms with Gasteiger partial charge in [0.15, 0.2) is 5.16 Å². The van der Waals surface area contributed by atoms with E-state index in [1.165, 1.54) is 31.0 Å². The second-order valence-electron chi connectivity index (χ2n) is 5.07. The van der Waals surface area contributed by atoms with Gasteiger partial charge in [-0.1, -0.05) is 12.5 Å². The summed E-state index contributed by atoms with van der Waals surface area (Å²) < 4.78 is 2.21. The second kappa shape index (κ2) is 5.93. The molecule has 1 aliphatic rings. The fraction of sp³-hybridized carbons (Fsp3) is 0.500. The van der Waals surface area contributed by atoms with Gasteiger partial charge in [-0.2, -0.15) is 0 Å². The highest BCUT2D eigenvalue weighted by atomic mass is 32.2. The number of aromatic nitrogens is 4. The number of aliphatic hydroxyl groups is 1. The number of aliphatic hydroxyl groups excluding tert-OH is 1. The van der Waals surface area contributed by atoms with E-state index in [0.29, 0.717) is 0 Å². The molecule has 1 unspecified atom stereocenters. The predicted molar refractivity (Wildman–Crippen MR) is 76.6 cm³/mol. The Balaban J connectivity index is 1.79. The number of hydrogen-bond acceptors (Lipinski definition) is 5. The van der Waals surface area contributed by atoms with Crippen LogP contribution in [0.15, 0.2) is 28.5 Å². The van der Waals surface area contributed by atoms with Gasteiger partial charge in [0.2, 0.25) is 0 Å². The highest BCUT2D eigenvalue weighted by molar-refractivity contribution is 7.99. The number of fused-ring (bicyclic) bond motifs is 1. The molecular weight excluding hydrogens is 272 g/mol. The summed E-state index contributed by atoms with van der Waals surface area (Å²) in [5, 5.41) is 19.8. The van der Waals surface area contributed by atoms with E-state index in [4.69, 9.17) is 0 Å². The summed E-state index contributed by atoms with van der Waals surface area (Å²) in [6, 6.07) is 3.82. The smallest absolute Gasteiger partial charge is 0.197 e. The zero-order valence-corrected chi connectivity index (χ0v) is 12.3. The van der Waals surface area contributed by atoms with Gasteiger partial charge in [0, 0.05) is 19.2 Å². The molecule has 2 aromatic rings. The molecule has 0 radical (unpaired) electrons. The molecule has 1 aliphatic heterocycles. The van der Waals surface area contributed by atoms with Gasteiger partial charge in [-0.05, 0) is 43.2 Å². The van der Waals surface area contributed by atoms with E-state index >= 15 is 0 Å². The van der Waals surface area contributed by atoms with Crippen molar-refractivity contribution in [1.82, 2.24) is 19.7 Å². The topological polar surface area (TPSA) is 63.8 Å². The molecule has 0 saturated carbocycles. The van der Waals surface area contributed by atoms with E-state index in [0.717, 1.165) is 34.5 Å². The van der Waals surface area contributed by atoms with Crippen LogP contribution in [0.4, 0.5) is 0 Å². The van der Waals surface area contributed by atoms with Crippen molar-refractivity contribution in [2.75, 3.05) is 0 Å². The van der Waals surface area contributed by atoms with E-state index in [9.17, 15) is 5.11 Å². The third-order valence-corrected chi connectivity index (χ3v) is 4.45. The Morgan fingerprint density at radius 3 is 2.90 bits per heavy atom. The Kier molecular flexibility index (Phi) is 4.03. The quantitative estimate of drug-likeness (QED) is 0.941. The molecule has 20 heavy (non-hydrogen) atoms. The Labute approximate surface area is 122 Å². The first-order valence-corrected chi connectivity index (χ1v) is 7.79. The summed E-state index contributed by atoms with van der Waals surface area (Å²) in [5.41, 5.74) is 0.828. The Morgan fingerprint density at radius 1 is 1.25 bits per heavy atom. The lowest BCUT2D eigenvalue weighted by atomic mass is 10.2. The highest BCUT2D eigenvalue weighted by Gasteiger charge is 2.16. The molecule has 5 nitrogen and oxygen atoms in total. The van der Waals surface area contributed by atoms with Crippen molar-refractivity contribution >= 4 is 11.8 Å². The van der Waals surface area contributed by atoms with E-state index in [1.807, 2.05) is 12.1 Å². The minimum absolute atomic E-state index is 0.481. The standard InChI is InChI=1S/C14H18N4OS/c1-10(19)11-6-7-13(15-9-11)20-14-17-16-12-5-3-2-4-8-18(12)14/h6-7,9-10,19H,2-5,8H2,1H3. The molecule has 0 spiro atoms. The first-order chi connectivity index (χ1) is 9.74. The number of pyridine rings is 1. The van der Waals surface area contributed by atoms with E-state index in [1.54, 1.807) is 13.1 Å². The maximum atomic E-state index is 9.49. The molecule has 0 amide bonds. The highest BCUT2D eigenvalue weighted by Crippen LogP contribution is 2.27. The number of rotatable bonds is 3. The van der Waals surface area contributed by atoms with Crippen molar-refractivity contribution in [2.45, 2.75) is 55.4 Å². The molecular formula is C14H18N4OS. The zero-order chi connectivity index (χ0) is 13.9. The van der Waals surface area contributed by atoms with Crippen LogP contribution in [0.25, 0.3) is 0 Å². The molecule has 1 N–H and O–H groups in total. The van der Waals surface area contributed by atoms with E-state index in [2.05, 4.69) is 19.7 Å². The average Bonchev–Trinajstić information content (AvgIpc) is 2.69. The predicted octanol–water partition coefficient (Wildman–Crippen LogP) is 2.60. The summed E-state index contributed by atoms with van der Waals surface area (Å²) in [7, 11) is 0. The van der Waals surface area contributed by atoms with Crippen LogP contribution in [-0.4, -0.2) is 24.9 Å². The van der Waals surface area contributed by atoms with E-state index < -0.39 is 6.10 Å². The summed E-state index contributed by atoms with van der Waals surface area (Å²) in [5.74, 6) is 1.09. The Hall–Kier alpha value is -1.40. The molecule has 0 aliphatic carbocycles. The van der Waals surface area contributed by atoms with Gasteiger partial charge < -0.3 is 9.67 Å². The normalized spacial score (nSPS) is 16.5. The van der Waals surface area contributed by atoms with Crippen LogP contribution in [0.5, 0.6) is 0 Å². The van der Waals surface area contributed by atoms with Gasteiger partial charge in [-0.15, -0.1) is 10.2 Å². The Morgan fingerprint density at radius 2 is 2.15 bits per heavy atom. The van der Waals surface area contributed by atoms with Gasteiger partial charge in [-0.3, -0.25) is 0 Å². The molecule has 0 fully saturated rings. The van der Waals surface area contributed by atoms with Gasteiger partial charge in [0.25, 0.3) is 0 Å². The van der Waals surface area contributed by atoms with Crippen molar-refractivity contribution in [3.63, 3.8) is 0 Å². The summed E-state index contributed by atoms with van der Waals surface area (Å²) >= 11 is 1.54. The number of hydrogen-bond donors (Lipinski definition) is 1.